The molecular weight excluding hydrogens is 928 g/mol. The third-order valence-electron chi connectivity index (χ3n) is 12.4. The topological polar surface area (TPSA) is 506 Å². The van der Waals surface area contributed by atoms with Crippen LogP contribution in [0.1, 0.15) is 0 Å². The first kappa shape index (κ1) is 55.1. The highest BCUT2D eigenvalue weighted by molar-refractivity contribution is 5.00. The fourth-order valence-electron chi connectivity index (χ4n) is 8.52. The molecule has 20 N–H and O–H groups in total. The van der Waals surface area contributed by atoms with Crippen LogP contribution in [0.4, 0.5) is 0 Å². The van der Waals surface area contributed by atoms with E-state index in [1.165, 1.54) is 0 Å². The molecule has 0 aromatic rings. The molecule has 31 heteroatoms. The first-order chi connectivity index (χ1) is 31.8. The monoisotopic (exact) mass is 990 g/mol. The van der Waals surface area contributed by atoms with Crippen molar-refractivity contribution in [2.24, 2.45) is 0 Å². The van der Waals surface area contributed by atoms with Gasteiger partial charge in [0, 0.05) is 0 Å². The summed E-state index contributed by atoms with van der Waals surface area (Å²) >= 11 is 0. The molecule has 0 aromatic heterocycles. The van der Waals surface area contributed by atoms with Crippen molar-refractivity contribution in [1.29, 1.82) is 0 Å². The summed E-state index contributed by atoms with van der Waals surface area (Å²) in [4.78, 5) is 0. The van der Waals surface area contributed by atoms with Crippen LogP contribution in [0.25, 0.3) is 0 Å². The zero-order valence-electron chi connectivity index (χ0n) is 35.0. The molecule has 0 saturated carbocycles. The molecule has 6 fully saturated rings. The van der Waals surface area contributed by atoms with E-state index in [9.17, 15) is 102 Å². The second-order valence-electron chi connectivity index (χ2n) is 16.8. The minimum Gasteiger partial charge on any atom is -0.394 e. The van der Waals surface area contributed by atoms with Crippen molar-refractivity contribution in [3.8, 4) is 0 Å². The SMILES string of the molecule is OC[C@H]1O[C@@H](O[C@@H]2[C@H](O)[C@@H](O)[C@H](O[C@@H]3[C@H](O)[C@@H](O)[C@H](O[C@@H]4[C@H](O)[C@@H](O)[C@H](O[C@@H]5[C@H](O)[C@@H](O)[C@H](O[C@@H]6[C@H](O)[C@@H](O)C(O)O[C@@H]6CO)O[C@@H]5CO)O[C@@H]4CO)O[C@@H]3CO)O[C@@H]2CO)[C@H](O)[C@@H](O)[C@H]1O. The van der Waals surface area contributed by atoms with Gasteiger partial charge < -0.3 is 154 Å². The average Bonchev–Trinajstić information content (AvgIpc) is 3.32. The molecule has 0 amide bonds. The maximum atomic E-state index is 11.2. The van der Waals surface area contributed by atoms with Crippen LogP contribution >= 0.6 is 0 Å². The van der Waals surface area contributed by atoms with E-state index in [1.54, 1.807) is 0 Å². The Hall–Kier alpha value is -1.24. The molecule has 31 nitrogen and oxygen atoms in total. The first-order valence-electron chi connectivity index (χ1n) is 21.1. The van der Waals surface area contributed by atoms with Crippen LogP contribution in [0.3, 0.4) is 0 Å². The lowest BCUT2D eigenvalue weighted by atomic mass is 9.95. The predicted octanol–water partition coefficient (Wildman–Crippen LogP) is -14.1. The van der Waals surface area contributed by atoms with Crippen molar-refractivity contribution in [3.63, 3.8) is 0 Å². The van der Waals surface area contributed by atoms with Gasteiger partial charge in [0.15, 0.2) is 37.7 Å². The third kappa shape index (κ3) is 11.2. The van der Waals surface area contributed by atoms with E-state index < -0.39 is 224 Å². The van der Waals surface area contributed by atoms with E-state index in [0.29, 0.717) is 0 Å². The Morgan fingerprint density at radius 1 is 0.224 bits per heavy atom. The Bertz CT molecular complexity index is 1500. The van der Waals surface area contributed by atoms with Gasteiger partial charge in [-0.05, 0) is 0 Å². The maximum absolute atomic E-state index is 11.2. The standard InChI is InChI=1S/C36H62O31/c37-1-7-13(43)14(44)21(51)32(58-7)64-27-9(3-39)60-34(23(53)16(27)46)66-29-11(5-41)62-36(25(55)18(29)48)67-30-12(6-42)61-35(24(54)19(30)49)65-28-10(4-40)59-33(22(52)17(28)47)63-26-8(2-38)57-31(56)20(50)15(26)45/h7-56H,1-6H2/t7-,8-,9-,10-,11-,12-,13+,14+,15-,16-,17-,18-,19-,20-,21-,22-,23-,24-,25-,26+,27+,28+,29+,30+,31?,32+,33+,34+,35+,36+/m1/s1. The van der Waals surface area contributed by atoms with E-state index >= 15 is 0 Å². The number of hydrogen-bond acceptors (Lipinski definition) is 31. The summed E-state index contributed by atoms with van der Waals surface area (Å²) in [6, 6.07) is 0. The van der Waals surface area contributed by atoms with Crippen LogP contribution in [0.2, 0.25) is 0 Å². The van der Waals surface area contributed by atoms with Crippen molar-refractivity contribution in [3.05, 3.63) is 0 Å². The van der Waals surface area contributed by atoms with Crippen LogP contribution < -0.4 is 0 Å². The van der Waals surface area contributed by atoms with Crippen LogP contribution in [0.15, 0.2) is 0 Å². The second kappa shape index (κ2) is 23.5. The van der Waals surface area contributed by atoms with Gasteiger partial charge in [0.2, 0.25) is 0 Å². The van der Waals surface area contributed by atoms with E-state index in [-0.39, 0.29) is 0 Å². The van der Waals surface area contributed by atoms with Gasteiger partial charge in [0.1, 0.15) is 146 Å². The largest absolute Gasteiger partial charge is 0.394 e. The van der Waals surface area contributed by atoms with E-state index in [0.717, 1.165) is 0 Å². The summed E-state index contributed by atoms with van der Waals surface area (Å²) in [5.41, 5.74) is 0. The Morgan fingerprint density at radius 3 is 0.687 bits per heavy atom. The van der Waals surface area contributed by atoms with Gasteiger partial charge in [-0.2, -0.15) is 0 Å². The molecule has 6 heterocycles. The highest BCUT2D eigenvalue weighted by Gasteiger charge is 2.57. The van der Waals surface area contributed by atoms with Gasteiger partial charge in [-0.25, -0.2) is 0 Å². The number of hydrogen-bond donors (Lipinski definition) is 20. The minimum absolute atomic E-state index is 0.830. The van der Waals surface area contributed by atoms with E-state index in [1.807, 2.05) is 0 Å². The fraction of sp³-hybridized carbons (Fsp3) is 1.00. The average molecular weight is 991 g/mol. The van der Waals surface area contributed by atoms with Crippen molar-refractivity contribution >= 4 is 0 Å². The van der Waals surface area contributed by atoms with Crippen molar-refractivity contribution in [2.75, 3.05) is 39.6 Å². The minimum atomic E-state index is -2.18. The zero-order valence-corrected chi connectivity index (χ0v) is 35.0. The molecule has 30 atom stereocenters. The molecule has 6 aliphatic heterocycles. The highest BCUT2D eigenvalue weighted by Crippen LogP contribution is 2.36. The van der Waals surface area contributed by atoms with Gasteiger partial charge in [0.25, 0.3) is 0 Å². The molecule has 0 aliphatic carbocycles. The van der Waals surface area contributed by atoms with E-state index in [2.05, 4.69) is 0 Å². The summed E-state index contributed by atoms with van der Waals surface area (Å²) < 4.78 is 60.5. The lowest BCUT2D eigenvalue weighted by molar-refractivity contribution is -0.396. The quantitative estimate of drug-likeness (QED) is 0.0683. The number of ether oxygens (including phenoxy) is 11. The van der Waals surface area contributed by atoms with Gasteiger partial charge in [-0.15, -0.1) is 0 Å². The highest BCUT2D eigenvalue weighted by atomic mass is 16.8. The van der Waals surface area contributed by atoms with Crippen LogP contribution in [0.5, 0.6) is 0 Å². The molecule has 6 aliphatic rings. The molecule has 6 saturated heterocycles. The van der Waals surface area contributed by atoms with Gasteiger partial charge in [-0.1, -0.05) is 0 Å². The Balaban J connectivity index is 1.07. The predicted molar refractivity (Wildman–Crippen MR) is 199 cm³/mol. The molecule has 0 radical (unpaired) electrons. The number of aliphatic hydroxyl groups excluding tert-OH is 20. The molecule has 6 rings (SSSR count). The van der Waals surface area contributed by atoms with Crippen LogP contribution in [0, 0.1) is 0 Å². The smallest absolute Gasteiger partial charge is 0.187 e. The first-order valence-corrected chi connectivity index (χ1v) is 21.1. The van der Waals surface area contributed by atoms with Crippen molar-refractivity contribution in [2.45, 2.75) is 184 Å². The molecule has 67 heavy (non-hydrogen) atoms. The summed E-state index contributed by atoms with van der Waals surface area (Å²) in [6.07, 6.45) is -56.5. The third-order valence-corrected chi connectivity index (χ3v) is 12.4. The van der Waals surface area contributed by atoms with Crippen LogP contribution in [-0.2, 0) is 52.1 Å². The fourth-order valence-corrected chi connectivity index (χ4v) is 8.52. The summed E-state index contributed by atoms with van der Waals surface area (Å²) in [5, 5.41) is 209. The molecule has 0 aromatic carbocycles. The number of rotatable bonds is 16. The van der Waals surface area contributed by atoms with Crippen LogP contribution in [-0.4, -0.2) is 326 Å². The lowest BCUT2D eigenvalue weighted by Crippen LogP contribution is -2.68. The molecule has 1 unspecified atom stereocenters. The summed E-state index contributed by atoms with van der Waals surface area (Å²) in [6.45, 7) is -5.67. The Labute approximate surface area is 378 Å². The zero-order chi connectivity index (χ0) is 49.3. The van der Waals surface area contributed by atoms with Crippen molar-refractivity contribution < 1.29 is 154 Å². The molecule has 392 valence electrons. The van der Waals surface area contributed by atoms with E-state index in [4.69, 9.17) is 52.1 Å². The summed E-state index contributed by atoms with van der Waals surface area (Å²) in [7, 11) is 0. The van der Waals surface area contributed by atoms with Gasteiger partial charge in [-0.3, -0.25) is 0 Å². The molecule has 0 bridgehead atoms. The summed E-state index contributed by atoms with van der Waals surface area (Å²) in [5.74, 6) is 0. The molecular formula is C36H62O31. The molecule has 0 spiro atoms. The Kier molecular flexibility index (Phi) is 19.4. The van der Waals surface area contributed by atoms with Gasteiger partial charge >= 0.3 is 0 Å². The van der Waals surface area contributed by atoms with Gasteiger partial charge in [0.05, 0.1) is 39.6 Å². The lowest BCUT2D eigenvalue weighted by Gasteiger charge is -2.49. The maximum Gasteiger partial charge on any atom is 0.187 e. The Morgan fingerprint density at radius 2 is 0.433 bits per heavy atom. The normalized spacial score (nSPS) is 53.4. The number of aliphatic hydroxyl groups is 20. The van der Waals surface area contributed by atoms with Crippen molar-refractivity contribution in [1.82, 2.24) is 0 Å². The second-order valence-corrected chi connectivity index (χ2v) is 16.8.